The SMILES string of the molecule is O[C@@H](COc1ccc(C23CC(C(F)(F)[C@](O)(Cn4cnnn4)c4ccc(F)cc4F)(C2)C3)cc1)C1COC1. The molecule has 0 unspecified atom stereocenters. The van der Waals surface area contributed by atoms with Gasteiger partial charge in [-0.15, -0.1) is 5.10 Å². The predicted molar refractivity (Wildman–Crippen MR) is 123 cm³/mol. The van der Waals surface area contributed by atoms with Gasteiger partial charge in [-0.05, 0) is 64.9 Å². The van der Waals surface area contributed by atoms with Gasteiger partial charge in [-0.3, -0.25) is 0 Å². The van der Waals surface area contributed by atoms with E-state index < -0.39 is 52.2 Å². The van der Waals surface area contributed by atoms with Crippen LogP contribution in [0.5, 0.6) is 5.75 Å². The summed E-state index contributed by atoms with van der Waals surface area (Å²) in [5.74, 6) is -5.37. The average Bonchev–Trinajstić information content (AvgIpc) is 3.28. The lowest BCUT2D eigenvalue weighted by Gasteiger charge is -2.74. The largest absolute Gasteiger partial charge is 0.491 e. The number of alkyl halides is 2. The molecule has 0 spiro atoms. The van der Waals surface area contributed by atoms with Crippen LogP contribution in [0, 0.1) is 23.0 Å². The number of benzene rings is 2. The quantitative estimate of drug-likeness (QED) is 0.386. The molecule has 3 saturated carbocycles. The summed E-state index contributed by atoms with van der Waals surface area (Å²) in [5.41, 5.74) is -4.91. The van der Waals surface area contributed by atoms with Crippen molar-refractivity contribution in [3.63, 3.8) is 0 Å². The summed E-state index contributed by atoms with van der Waals surface area (Å²) >= 11 is 0. The van der Waals surface area contributed by atoms with Crippen molar-refractivity contribution in [1.82, 2.24) is 20.2 Å². The van der Waals surface area contributed by atoms with E-state index in [1.807, 2.05) is 12.1 Å². The lowest BCUT2D eigenvalue weighted by atomic mass is 9.30. The molecular weight excluding hydrogens is 508 g/mol. The van der Waals surface area contributed by atoms with Gasteiger partial charge in [0.15, 0.2) is 5.60 Å². The van der Waals surface area contributed by atoms with E-state index in [1.54, 1.807) is 12.1 Å². The molecule has 0 amide bonds. The van der Waals surface area contributed by atoms with Crippen molar-refractivity contribution in [2.24, 2.45) is 11.3 Å². The topological polar surface area (TPSA) is 103 Å². The van der Waals surface area contributed by atoms with Gasteiger partial charge in [0.25, 0.3) is 5.92 Å². The molecule has 2 heterocycles. The summed E-state index contributed by atoms with van der Waals surface area (Å²) < 4.78 is 72.5. The van der Waals surface area contributed by atoms with Crippen LogP contribution in [0.15, 0.2) is 48.8 Å². The Bertz CT molecular complexity index is 1300. The van der Waals surface area contributed by atoms with E-state index in [9.17, 15) is 19.0 Å². The maximum atomic E-state index is 16.3. The first-order valence-electron chi connectivity index (χ1n) is 12.3. The molecule has 1 saturated heterocycles. The highest BCUT2D eigenvalue weighted by atomic mass is 19.3. The van der Waals surface area contributed by atoms with Gasteiger partial charge in [0.05, 0.1) is 25.9 Å². The van der Waals surface area contributed by atoms with E-state index in [1.165, 1.54) is 0 Å². The molecular formula is C26H26F4N4O4. The number of aliphatic hydroxyl groups is 2. The van der Waals surface area contributed by atoms with Crippen molar-refractivity contribution >= 4 is 0 Å². The van der Waals surface area contributed by atoms with Crippen LogP contribution in [0.25, 0.3) is 0 Å². The Labute approximate surface area is 215 Å². The van der Waals surface area contributed by atoms with Gasteiger partial charge < -0.3 is 19.7 Å². The molecule has 4 fully saturated rings. The Balaban J connectivity index is 1.19. The first kappa shape index (κ1) is 25.2. The van der Waals surface area contributed by atoms with Crippen molar-refractivity contribution in [2.75, 3.05) is 19.8 Å². The molecule has 38 heavy (non-hydrogen) atoms. The first-order valence-corrected chi connectivity index (χ1v) is 12.3. The van der Waals surface area contributed by atoms with Crippen molar-refractivity contribution in [3.8, 4) is 5.75 Å². The number of hydrogen-bond acceptors (Lipinski definition) is 7. The van der Waals surface area contributed by atoms with E-state index in [0.717, 1.165) is 28.7 Å². The van der Waals surface area contributed by atoms with Gasteiger partial charge in [0, 0.05) is 23.0 Å². The van der Waals surface area contributed by atoms with E-state index in [-0.39, 0.29) is 31.8 Å². The number of hydrogen-bond donors (Lipinski definition) is 2. The van der Waals surface area contributed by atoms with Crippen LogP contribution in [0.4, 0.5) is 17.6 Å². The van der Waals surface area contributed by atoms with Crippen molar-refractivity contribution < 1.29 is 37.2 Å². The second-order valence-corrected chi connectivity index (χ2v) is 10.9. The molecule has 7 rings (SSSR count). The monoisotopic (exact) mass is 534 g/mol. The highest BCUT2D eigenvalue weighted by molar-refractivity contribution is 5.44. The summed E-state index contributed by atoms with van der Waals surface area (Å²) in [6.45, 7) is 0.344. The van der Waals surface area contributed by atoms with Gasteiger partial charge in [-0.1, -0.05) is 12.1 Å². The number of nitrogens with zero attached hydrogens (tertiary/aromatic N) is 4. The van der Waals surface area contributed by atoms with Gasteiger partial charge in [0.1, 0.15) is 30.3 Å². The van der Waals surface area contributed by atoms with Gasteiger partial charge in [0.2, 0.25) is 0 Å². The molecule has 2 atom stereocenters. The maximum Gasteiger partial charge on any atom is 0.287 e. The minimum atomic E-state index is -3.78. The van der Waals surface area contributed by atoms with Gasteiger partial charge >= 0.3 is 0 Å². The fourth-order valence-electron chi connectivity index (χ4n) is 6.23. The third-order valence-corrected chi connectivity index (χ3v) is 8.47. The zero-order valence-corrected chi connectivity index (χ0v) is 20.2. The third kappa shape index (κ3) is 3.72. The molecule has 1 aliphatic heterocycles. The Hall–Kier alpha value is -3.09. The summed E-state index contributed by atoms with van der Waals surface area (Å²) in [6, 6.07) is 9.29. The standard InChI is InChI=1S/C26H26F4N4O4/c27-18-3-6-20(21(28)7-18)25(36,14-34-15-31-32-33-34)26(29,30)24-11-23(12-24,13-24)17-1-4-19(5-2-17)38-10-22(35)16-8-37-9-16/h1-7,15-16,22,35-36H,8-14H2/t22-,23?,24?,25-/m0/s1. The Morgan fingerprint density at radius 1 is 1.11 bits per heavy atom. The fourth-order valence-corrected chi connectivity index (χ4v) is 6.23. The molecule has 4 aliphatic rings. The highest BCUT2D eigenvalue weighted by Gasteiger charge is 2.82. The van der Waals surface area contributed by atoms with Crippen molar-refractivity contribution in [1.29, 1.82) is 0 Å². The summed E-state index contributed by atoms with van der Waals surface area (Å²) in [6.07, 6.45) is 0.701. The second kappa shape index (κ2) is 8.72. The molecule has 202 valence electrons. The van der Waals surface area contributed by atoms with Crippen LogP contribution >= 0.6 is 0 Å². The zero-order chi connectivity index (χ0) is 26.8. The fraction of sp³-hybridized carbons (Fsp3) is 0.500. The van der Waals surface area contributed by atoms with Gasteiger partial charge in [-0.2, -0.15) is 0 Å². The summed E-state index contributed by atoms with van der Waals surface area (Å²) in [5, 5.41) is 31.9. The first-order chi connectivity index (χ1) is 18.1. The number of aliphatic hydroxyl groups excluding tert-OH is 1. The second-order valence-electron chi connectivity index (χ2n) is 10.9. The third-order valence-electron chi connectivity index (χ3n) is 8.47. The number of aromatic nitrogens is 4. The summed E-state index contributed by atoms with van der Waals surface area (Å²) in [7, 11) is 0. The lowest BCUT2D eigenvalue weighted by Crippen LogP contribution is -2.76. The highest BCUT2D eigenvalue weighted by Crippen LogP contribution is 2.80. The predicted octanol–water partition coefficient (Wildman–Crippen LogP) is 2.98. The molecule has 8 nitrogen and oxygen atoms in total. The average molecular weight is 535 g/mol. The van der Waals surface area contributed by atoms with E-state index >= 15 is 8.78 Å². The van der Waals surface area contributed by atoms with Crippen molar-refractivity contribution in [3.05, 3.63) is 71.6 Å². The molecule has 2 aromatic carbocycles. The smallest absolute Gasteiger partial charge is 0.287 e. The van der Waals surface area contributed by atoms with E-state index in [2.05, 4.69) is 15.5 Å². The Morgan fingerprint density at radius 3 is 2.39 bits per heavy atom. The van der Waals surface area contributed by atoms with Crippen molar-refractivity contribution in [2.45, 2.75) is 48.8 Å². The van der Waals surface area contributed by atoms with E-state index in [4.69, 9.17) is 9.47 Å². The maximum absolute atomic E-state index is 16.3. The number of rotatable bonds is 10. The molecule has 2 bridgehead atoms. The van der Waals surface area contributed by atoms with Crippen LogP contribution < -0.4 is 4.74 Å². The summed E-state index contributed by atoms with van der Waals surface area (Å²) in [4.78, 5) is 0. The number of tetrazole rings is 1. The molecule has 2 N–H and O–H groups in total. The van der Waals surface area contributed by atoms with Crippen LogP contribution in [0.2, 0.25) is 0 Å². The Kier molecular flexibility index (Phi) is 5.78. The Morgan fingerprint density at radius 2 is 1.82 bits per heavy atom. The molecule has 3 aromatic rings. The molecule has 12 heteroatoms. The van der Waals surface area contributed by atoms with Crippen LogP contribution in [-0.2, 0) is 22.3 Å². The van der Waals surface area contributed by atoms with E-state index in [0.29, 0.717) is 25.0 Å². The van der Waals surface area contributed by atoms with Gasteiger partial charge in [-0.25, -0.2) is 22.2 Å². The van der Waals surface area contributed by atoms with Crippen LogP contribution in [-0.4, -0.2) is 62.3 Å². The normalized spacial score (nSPS) is 27.0. The number of halogens is 4. The zero-order valence-electron chi connectivity index (χ0n) is 20.2. The lowest BCUT2D eigenvalue weighted by molar-refractivity contribution is -0.347. The minimum absolute atomic E-state index is 0.0655. The number of ether oxygens (including phenoxy) is 2. The molecule has 1 aromatic heterocycles. The van der Waals surface area contributed by atoms with Crippen LogP contribution in [0.3, 0.4) is 0 Å². The molecule has 0 radical (unpaired) electrons. The minimum Gasteiger partial charge on any atom is -0.491 e. The van der Waals surface area contributed by atoms with Crippen LogP contribution in [0.1, 0.15) is 30.4 Å². The molecule has 3 aliphatic carbocycles.